The number of hydrogen-bond acceptors (Lipinski definition) is 5. The second-order valence-corrected chi connectivity index (χ2v) is 7.88. The van der Waals surface area contributed by atoms with Crippen LogP contribution >= 0.6 is 0 Å². The van der Waals surface area contributed by atoms with E-state index in [1.165, 1.54) is 0 Å². The molecule has 1 fully saturated rings. The van der Waals surface area contributed by atoms with Gasteiger partial charge in [0, 0.05) is 36.1 Å². The van der Waals surface area contributed by atoms with Gasteiger partial charge in [0.1, 0.15) is 23.6 Å². The molecule has 6 nitrogen and oxygen atoms in total. The number of piperidine rings is 1. The lowest BCUT2D eigenvalue weighted by molar-refractivity contribution is -0.0656. The molecule has 0 unspecified atom stereocenters. The minimum Gasteiger partial charge on any atom is -0.492 e. The van der Waals surface area contributed by atoms with Gasteiger partial charge in [-0.05, 0) is 49.4 Å². The van der Waals surface area contributed by atoms with E-state index in [0.717, 1.165) is 5.52 Å². The minimum atomic E-state index is -2.61. The molecule has 160 valence electrons. The Kier molecular flexibility index (Phi) is 4.94. The van der Waals surface area contributed by atoms with E-state index in [4.69, 9.17) is 14.6 Å². The van der Waals surface area contributed by atoms with E-state index in [9.17, 15) is 8.78 Å². The molecule has 8 heteroatoms. The molecule has 0 spiro atoms. The number of benzene rings is 1. The first-order chi connectivity index (χ1) is 15.0. The van der Waals surface area contributed by atoms with Gasteiger partial charge in [0.05, 0.1) is 18.2 Å². The summed E-state index contributed by atoms with van der Waals surface area (Å²) in [5.41, 5.74) is 2.20. The number of nitrogens with one attached hydrogen (secondary N) is 1. The highest BCUT2D eigenvalue weighted by molar-refractivity contribution is 5.79. The zero-order valence-corrected chi connectivity index (χ0v) is 16.9. The maximum absolute atomic E-state index is 13.5. The van der Waals surface area contributed by atoms with Crippen LogP contribution in [0.25, 0.3) is 27.9 Å². The molecule has 1 saturated heterocycles. The molecule has 0 atom stereocenters. The van der Waals surface area contributed by atoms with Gasteiger partial charge in [-0.2, -0.15) is 0 Å². The third-order valence-corrected chi connectivity index (χ3v) is 5.55. The Hall–Kier alpha value is -3.26. The van der Waals surface area contributed by atoms with Crippen molar-refractivity contribution in [1.82, 2.24) is 14.3 Å². The number of hydrogen-bond donors (Lipinski definition) is 1. The minimum absolute atomic E-state index is 0.0399. The average molecular weight is 424 g/mol. The first-order valence-corrected chi connectivity index (χ1v) is 10.3. The van der Waals surface area contributed by atoms with Crippen molar-refractivity contribution in [3.63, 3.8) is 0 Å². The second kappa shape index (κ2) is 7.77. The van der Waals surface area contributed by atoms with Gasteiger partial charge in [-0.15, -0.1) is 0 Å². The summed E-state index contributed by atoms with van der Waals surface area (Å²) in [7, 11) is 0. The third-order valence-electron chi connectivity index (χ3n) is 5.55. The topological polar surface area (TPSA) is 66.8 Å². The molecule has 5 rings (SSSR count). The average Bonchev–Trinajstić information content (AvgIpc) is 3.21. The van der Waals surface area contributed by atoms with Crippen molar-refractivity contribution in [2.45, 2.75) is 18.8 Å². The zero-order valence-electron chi connectivity index (χ0n) is 16.9. The van der Waals surface area contributed by atoms with E-state index in [2.05, 4.69) is 4.98 Å². The Balaban J connectivity index is 1.32. The molecule has 0 aliphatic carbocycles. The van der Waals surface area contributed by atoms with Gasteiger partial charge in [0.2, 0.25) is 0 Å². The standard InChI is InChI=1S/C23H22F2N4O2/c24-23(25)6-2-7-28(14-23)9-10-30-17-4-5-21-18(12-17)19(26)13-22(31-21)20-11-16-3-1-8-29(16)15-27-20/h1,3-5,8,11-13,15,26H,2,6-7,9-10,14H2. The van der Waals surface area contributed by atoms with Crippen LogP contribution in [0.5, 0.6) is 5.75 Å². The van der Waals surface area contributed by atoms with Crippen LogP contribution in [0, 0.1) is 5.41 Å². The van der Waals surface area contributed by atoms with Crippen molar-refractivity contribution in [2.75, 3.05) is 26.2 Å². The number of likely N-dealkylation sites (tertiary alicyclic amines) is 1. The molecule has 0 amide bonds. The normalized spacial score (nSPS) is 16.7. The molecule has 0 bridgehead atoms. The van der Waals surface area contributed by atoms with E-state index >= 15 is 0 Å². The summed E-state index contributed by atoms with van der Waals surface area (Å²) in [6.07, 6.45) is 4.09. The Morgan fingerprint density at radius 2 is 2.10 bits per heavy atom. The molecule has 31 heavy (non-hydrogen) atoms. The summed E-state index contributed by atoms with van der Waals surface area (Å²) < 4.78 is 40.7. The first-order valence-electron chi connectivity index (χ1n) is 10.3. The van der Waals surface area contributed by atoms with Gasteiger partial charge in [0.15, 0.2) is 5.76 Å². The Morgan fingerprint density at radius 3 is 2.97 bits per heavy atom. The number of alkyl halides is 2. The van der Waals surface area contributed by atoms with E-state index in [0.29, 0.717) is 59.6 Å². The SMILES string of the molecule is N=c1cc(-c2cc3cccn3cn2)oc2ccc(OCCN3CCCC(F)(F)C3)cc12. The predicted molar refractivity (Wildman–Crippen MR) is 112 cm³/mol. The summed E-state index contributed by atoms with van der Waals surface area (Å²) in [4.78, 5) is 6.15. The van der Waals surface area contributed by atoms with Gasteiger partial charge < -0.3 is 13.6 Å². The molecule has 3 aromatic heterocycles. The van der Waals surface area contributed by atoms with Crippen molar-refractivity contribution in [3.8, 4) is 17.2 Å². The summed E-state index contributed by atoms with van der Waals surface area (Å²) in [6, 6.07) is 12.7. The predicted octanol–water partition coefficient (Wildman–Crippen LogP) is 4.34. The zero-order chi connectivity index (χ0) is 21.4. The molecule has 4 aromatic rings. The van der Waals surface area contributed by atoms with Gasteiger partial charge in [-0.25, -0.2) is 13.8 Å². The fourth-order valence-electron chi connectivity index (χ4n) is 3.98. The molecular formula is C23H22F2N4O2. The van der Waals surface area contributed by atoms with Crippen LogP contribution in [0.2, 0.25) is 0 Å². The van der Waals surface area contributed by atoms with Crippen LogP contribution in [0.4, 0.5) is 8.78 Å². The van der Waals surface area contributed by atoms with Crippen LogP contribution < -0.4 is 10.1 Å². The maximum Gasteiger partial charge on any atom is 0.260 e. The monoisotopic (exact) mass is 424 g/mol. The van der Waals surface area contributed by atoms with E-state index in [-0.39, 0.29) is 13.0 Å². The Morgan fingerprint density at radius 1 is 1.19 bits per heavy atom. The highest BCUT2D eigenvalue weighted by atomic mass is 19.3. The summed E-state index contributed by atoms with van der Waals surface area (Å²) >= 11 is 0. The summed E-state index contributed by atoms with van der Waals surface area (Å²) in [5, 5.41) is 9.34. The molecule has 1 N–H and O–H groups in total. The fraction of sp³-hybridized carbons (Fsp3) is 0.304. The largest absolute Gasteiger partial charge is 0.492 e. The Bertz CT molecular complexity index is 1300. The van der Waals surface area contributed by atoms with Crippen molar-refractivity contribution in [3.05, 3.63) is 60.3 Å². The number of halogens is 2. The molecule has 0 saturated carbocycles. The second-order valence-electron chi connectivity index (χ2n) is 7.88. The van der Waals surface area contributed by atoms with Gasteiger partial charge in [-0.1, -0.05) is 0 Å². The van der Waals surface area contributed by atoms with E-state index in [1.807, 2.05) is 28.8 Å². The highest BCUT2D eigenvalue weighted by Gasteiger charge is 2.34. The molecule has 4 heterocycles. The molecular weight excluding hydrogens is 402 g/mol. The van der Waals surface area contributed by atoms with Crippen LogP contribution in [-0.4, -0.2) is 46.4 Å². The number of nitrogens with zero attached hydrogens (tertiary/aromatic N) is 3. The molecule has 1 aliphatic rings. The van der Waals surface area contributed by atoms with E-state index < -0.39 is 5.92 Å². The van der Waals surface area contributed by atoms with Crippen molar-refractivity contribution < 1.29 is 17.9 Å². The molecule has 1 aliphatic heterocycles. The van der Waals surface area contributed by atoms with Crippen molar-refractivity contribution >= 4 is 16.5 Å². The lowest BCUT2D eigenvalue weighted by Gasteiger charge is -2.32. The van der Waals surface area contributed by atoms with Crippen molar-refractivity contribution in [2.24, 2.45) is 0 Å². The lowest BCUT2D eigenvalue weighted by atomic mass is 10.1. The van der Waals surface area contributed by atoms with Crippen LogP contribution in [0.15, 0.2) is 59.4 Å². The first kappa shape index (κ1) is 19.7. The quantitative estimate of drug-likeness (QED) is 0.518. The summed E-state index contributed by atoms with van der Waals surface area (Å²) in [5.74, 6) is -1.51. The third kappa shape index (κ3) is 4.16. The Labute approximate surface area is 177 Å². The maximum atomic E-state index is 13.5. The smallest absolute Gasteiger partial charge is 0.260 e. The molecule has 0 radical (unpaired) electrons. The van der Waals surface area contributed by atoms with E-state index in [1.54, 1.807) is 35.5 Å². The van der Waals surface area contributed by atoms with Gasteiger partial charge >= 0.3 is 0 Å². The fourth-order valence-corrected chi connectivity index (χ4v) is 3.98. The highest BCUT2D eigenvalue weighted by Crippen LogP contribution is 2.27. The lowest BCUT2D eigenvalue weighted by Crippen LogP contribution is -2.44. The van der Waals surface area contributed by atoms with Gasteiger partial charge in [0.25, 0.3) is 5.92 Å². The molecule has 1 aromatic carbocycles. The van der Waals surface area contributed by atoms with Crippen LogP contribution in [-0.2, 0) is 0 Å². The van der Waals surface area contributed by atoms with Gasteiger partial charge in [-0.3, -0.25) is 10.3 Å². The number of ether oxygens (including phenoxy) is 1. The number of fused-ring (bicyclic) bond motifs is 2. The number of rotatable bonds is 5. The van der Waals surface area contributed by atoms with Crippen LogP contribution in [0.3, 0.4) is 0 Å². The summed E-state index contributed by atoms with van der Waals surface area (Å²) in [6.45, 7) is 1.21. The number of aromatic nitrogens is 2. The van der Waals surface area contributed by atoms with Crippen LogP contribution in [0.1, 0.15) is 12.8 Å². The van der Waals surface area contributed by atoms with Crippen molar-refractivity contribution in [1.29, 1.82) is 5.41 Å².